The third-order valence-electron chi connectivity index (χ3n) is 9.78. The number of aromatic nitrogens is 2. The van der Waals surface area contributed by atoms with Gasteiger partial charge in [0.15, 0.2) is 0 Å². The first kappa shape index (κ1) is 30.2. The maximum absolute atomic E-state index is 14.5. The summed E-state index contributed by atoms with van der Waals surface area (Å²) in [6, 6.07) is 12.4. The monoisotopic (exact) mass is 610 g/mol. The molecule has 11 nitrogen and oxygen atoms in total. The third kappa shape index (κ3) is 4.90. The molecule has 1 aromatic carbocycles. The number of aromatic amines is 1. The van der Waals surface area contributed by atoms with Gasteiger partial charge in [0.1, 0.15) is 5.54 Å². The summed E-state index contributed by atoms with van der Waals surface area (Å²) in [7, 11) is 0. The summed E-state index contributed by atoms with van der Waals surface area (Å²) in [5.74, 6) is -4.02. The Morgan fingerprint density at radius 1 is 1.04 bits per heavy atom. The van der Waals surface area contributed by atoms with Crippen LogP contribution in [-0.4, -0.2) is 68.1 Å². The number of benzene rings is 1. The van der Waals surface area contributed by atoms with Gasteiger partial charge in [-0.2, -0.15) is 0 Å². The van der Waals surface area contributed by atoms with E-state index in [-0.39, 0.29) is 31.4 Å². The Morgan fingerprint density at radius 2 is 1.82 bits per heavy atom. The molecule has 3 N–H and O–H groups in total. The summed E-state index contributed by atoms with van der Waals surface area (Å²) >= 11 is 0. The topological polar surface area (TPSA) is 145 Å². The van der Waals surface area contributed by atoms with Gasteiger partial charge in [0.05, 0.1) is 24.1 Å². The number of carbonyl (C=O) groups excluding carboxylic acids is 5. The van der Waals surface area contributed by atoms with Crippen LogP contribution in [0.1, 0.15) is 51.3 Å². The van der Waals surface area contributed by atoms with Gasteiger partial charge in [-0.25, -0.2) is 9.69 Å². The predicted molar refractivity (Wildman–Crippen MR) is 166 cm³/mol. The van der Waals surface area contributed by atoms with E-state index in [4.69, 9.17) is 0 Å². The van der Waals surface area contributed by atoms with Gasteiger partial charge in [-0.15, -0.1) is 0 Å². The zero-order valence-corrected chi connectivity index (χ0v) is 25.8. The van der Waals surface area contributed by atoms with Gasteiger partial charge in [0.2, 0.25) is 17.7 Å². The van der Waals surface area contributed by atoms with E-state index in [1.807, 2.05) is 37.4 Å². The fourth-order valence-electron chi connectivity index (χ4n) is 7.64. The van der Waals surface area contributed by atoms with Crippen molar-refractivity contribution in [1.82, 2.24) is 30.4 Å². The highest BCUT2D eigenvalue weighted by molar-refractivity contribution is 6.12. The highest BCUT2D eigenvalue weighted by Gasteiger charge is 2.65. The molecule has 2 aromatic heterocycles. The van der Waals surface area contributed by atoms with Crippen molar-refractivity contribution in [2.45, 2.75) is 58.5 Å². The van der Waals surface area contributed by atoms with Gasteiger partial charge in [-0.3, -0.25) is 29.1 Å². The number of H-pyrrole nitrogens is 1. The smallest absolute Gasteiger partial charge is 0.325 e. The third-order valence-corrected chi connectivity index (χ3v) is 9.78. The Kier molecular flexibility index (Phi) is 8.03. The molecule has 3 aliphatic rings. The second-order valence-corrected chi connectivity index (χ2v) is 12.1. The average Bonchev–Trinajstić information content (AvgIpc) is 3.57. The molecule has 1 saturated carbocycles. The lowest BCUT2D eigenvalue weighted by atomic mass is 9.59. The van der Waals surface area contributed by atoms with Gasteiger partial charge in [-0.1, -0.05) is 36.8 Å². The van der Waals surface area contributed by atoms with Gasteiger partial charge in [-0.05, 0) is 63.3 Å². The number of likely N-dealkylation sites (tertiary alicyclic amines) is 1. The molecule has 0 unspecified atom stereocenters. The minimum absolute atomic E-state index is 0.0392. The van der Waals surface area contributed by atoms with E-state index < -0.39 is 41.1 Å². The van der Waals surface area contributed by atoms with Gasteiger partial charge >= 0.3 is 6.03 Å². The van der Waals surface area contributed by atoms with Crippen molar-refractivity contribution in [1.29, 1.82) is 0 Å². The summed E-state index contributed by atoms with van der Waals surface area (Å²) < 4.78 is 0. The fraction of sp³-hybridized carbons (Fsp3) is 0.412. The molecular formula is C34H38N6O5. The van der Waals surface area contributed by atoms with Crippen LogP contribution in [0.5, 0.6) is 0 Å². The summed E-state index contributed by atoms with van der Waals surface area (Å²) in [4.78, 5) is 79.6. The lowest BCUT2D eigenvalue weighted by molar-refractivity contribution is -0.150. The van der Waals surface area contributed by atoms with Crippen molar-refractivity contribution in [2.75, 3.05) is 13.1 Å². The molecule has 4 atom stereocenters. The molecule has 11 heteroatoms. The van der Waals surface area contributed by atoms with Crippen LogP contribution in [0.15, 0.2) is 66.0 Å². The number of fused-ring (bicyclic) bond motifs is 4. The van der Waals surface area contributed by atoms with E-state index in [0.717, 1.165) is 21.4 Å². The van der Waals surface area contributed by atoms with E-state index in [2.05, 4.69) is 20.6 Å². The molecule has 1 saturated heterocycles. The maximum atomic E-state index is 14.5. The number of hydrogen-bond donors (Lipinski definition) is 3. The molecule has 2 fully saturated rings. The molecule has 0 radical (unpaired) electrons. The molecule has 6 amide bonds. The Labute approximate surface area is 261 Å². The van der Waals surface area contributed by atoms with Crippen LogP contribution in [0, 0.1) is 17.8 Å². The van der Waals surface area contributed by atoms with Crippen molar-refractivity contribution in [3.05, 3.63) is 77.3 Å². The van der Waals surface area contributed by atoms with Crippen LogP contribution < -0.4 is 10.6 Å². The molecule has 2 aliphatic heterocycles. The normalized spacial score (nSPS) is 24.6. The van der Waals surface area contributed by atoms with E-state index in [1.54, 1.807) is 38.2 Å². The highest BCUT2D eigenvalue weighted by atomic mass is 16.2. The zero-order chi connectivity index (χ0) is 31.9. The summed E-state index contributed by atoms with van der Waals surface area (Å²) in [6.45, 7) is 5.65. The van der Waals surface area contributed by atoms with Crippen LogP contribution in [0.2, 0.25) is 0 Å². The van der Waals surface area contributed by atoms with E-state index in [1.165, 1.54) is 4.90 Å². The number of para-hydroxylation sites is 1. The lowest BCUT2D eigenvalue weighted by Crippen LogP contribution is -2.71. The fourth-order valence-corrected chi connectivity index (χ4v) is 7.64. The summed E-state index contributed by atoms with van der Waals surface area (Å²) in [5, 5.41) is 6.83. The van der Waals surface area contributed by atoms with Crippen LogP contribution in [-0.2, 0) is 32.1 Å². The maximum Gasteiger partial charge on any atom is 0.325 e. The number of amides is 6. The molecule has 0 spiro atoms. The van der Waals surface area contributed by atoms with Crippen LogP contribution >= 0.6 is 0 Å². The Balaban J connectivity index is 1.38. The summed E-state index contributed by atoms with van der Waals surface area (Å²) in [6.07, 6.45) is 5.16. The number of pyridine rings is 1. The van der Waals surface area contributed by atoms with Gasteiger partial charge in [0, 0.05) is 47.9 Å². The van der Waals surface area contributed by atoms with E-state index in [9.17, 15) is 24.0 Å². The first-order valence-electron chi connectivity index (χ1n) is 15.6. The quantitative estimate of drug-likeness (QED) is 0.333. The zero-order valence-electron chi connectivity index (χ0n) is 25.8. The molecule has 6 rings (SSSR count). The molecule has 4 heterocycles. The largest absolute Gasteiger partial charge is 0.361 e. The molecule has 45 heavy (non-hydrogen) atoms. The second-order valence-electron chi connectivity index (χ2n) is 12.1. The average molecular weight is 611 g/mol. The molecule has 3 aromatic rings. The Morgan fingerprint density at radius 3 is 2.56 bits per heavy atom. The molecule has 1 aliphatic carbocycles. The predicted octanol–water partition coefficient (Wildman–Crippen LogP) is 3.47. The summed E-state index contributed by atoms with van der Waals surface area (Å²) in [5.41, 5.74) is 1.93. The van der Waals surface area contributed by atoms with Crippen LogP contribution in [0.3, 0.4) is 0 Å². The number of nitrogens with one attached hydrogen (secondary N) is 3. The number of carbonyl (C=O) groups is 5. The number of rotatable bonds is 8. The molecular weight excluding hydrogens is 572 g/mol. The number of hydrogen-bond acceptors (Lipinski definition) is 6. The minimum atomic E-state index is -1.78. The number of nitrogens with zero attached hydrogens (tertiary/aromatic N) is 3. The minimum Gasteiger partial charge on any atom is -0.361 e. The first-order valence-corrected chi connectivity index (χ1v) is 15.6. The highest BCUT2D eigenvalue weighted by Crippen LogP contribution is 2.54. The van der Waals surface area contributed by atoms with Crippen molar-refractivity contribution >= 4 is 40.6 Å². The number of urea groups is 1. The van der Waals surface area contributed by atoms with Crippen LogP contribution in [0.4, 0.5) is 4.79 Å². The van der Waals surface area contributed by atoms with Gasteiger partial charge in [0.25, 0.3) is 5.91 Å². The van der Waals surface area contributed by atoms with E-state index >= 15 is 0 Å². The van der Waals surface area contributed by atoms with Crippen LogP contribution in [0.25, 0.3) is 10.9 Å². The first-order chi connectivity index (χ1) is 21.7. The van der Waals surface area contributed by atoms with Crippen molar-refractivity contribution in [3.63, 3.8) is 0 Å². The number of imide groups is 2. The molecule has 0 bridgehead atoms. The van der Waals surface area contributed by atoms with Crippen molar-refractivity contribution in [2.24, 2.45) is 17.8 Å². The van der Waals surface area contributed by atoms with E-state index in [0.29, 0.717) is 42.5 Å². The van der Waals surface area contributed by atoms with Crippen molar-refractivity contribution < 1.29 is 24.0 Å². The Hall–Kier alpha value is -4.80. The van der Waals surface area contributed by atoms with Crippen molar-refractivity contribution in [3.8, 4) is 0 Å². The SMILES string of the molecule is CCC1=C2CC[C@H]3C(=O)N(CC)C(=O)[C@H]3[C@H]2[C@@](C)(C(=O)NCCc2c[nH]c3ccccc23)N(C(=O)NCc2ccccn2)C1=O. The molecule has 234 valence electrons. The van der Waals surface area contributed by atoms with Gasteiger partial charge < -0.3 is 15.6 Å². The standard InChI is InChI=1S/C34H38N6O5/c1-4-22-24-13-14-25-27(31(43)39(5-2)29(25)41)28(24)34(3,40(30(22)42)33(45)38-19-21-10-8-9-16-35-21)32(44)36-17-15-20-18-37-26-12-7-6-11-23(20)26/h6-12,16,18,25,27-28,37H,4-5,13-15,17,19H2,1-3H3,(H,36,44)(H,38,45)/t25-,27-,28+,34+/m1/s1. The lowest BCUT2D eigenvalue weighted by Gasteiger charge is -2.52. The Bertz CT molecular complexity index is 1710. The second kappa shape index (κ2) is 11.9.